The van der Waals surface area contributed by atoms with Crippen molar-refractivity contribution in [2.75, 3.05) is 23.3 Å². The lowest BCUT2D eigenvalue weighted by Crippen LogP contribution is -2.26. The highest BCUT2D eigenvalue weighted by Crippen LogP contribution is 2.42. The summed E-state index contributed by atoms with van der Waals surface area (Å²) in [5, 5.41) is 23.2. The Kier molecular flexibility index (Phi) is 5.84. The van der Waals surface area contributed by atoms with Crippen LogP contribution >= 0.6 is 0 Å². The topological polar surface area (TPSA) is 136 Å². The van der Waals surface area contributed by atoms with Gasteiger partial charge in [0, 0.05) is 30.3 Å². The molecule has 1 aliphatic rings. The number of nitrogens with one attached hydrogen (secondary N) is 3. The lowest BCUT2D eigenvalue weighted by molar-refractivity contribution is -0.111. The van der Waals surface area contributed by atoms with Crippen LogP contribution in [0.3, 0.4) is 0 Å². The van der Waals surface area contributed by atoms with Gasteiger partial charge in [0.25, 0.3) is 5.91 Å². The molecule has 0 fully saturated rings. The highest BCUT2D eigenvalue weighted by molar-refractivity contribution is 6.02. The largest absolute Gasteiger partial charge is 0.506 e. The summed E-state index contributed by atoms with van der Waals surface area (Å²) in [6.45, 7) is 4.55. The number of aromatic amines is 1. The minimum Gasteiger partial charge on any atom is -0.506 e. The van der Waals surface area contributed by atoms with E-state index in [0.717, 1.165) is 29.4 Å². The normalized spacial score (nSPS) is 14.5. The summed E-state index contributed by atoms with van der Waals surface area (Å²) < 4.78 is 0. The highest BCUT2D eigenvalue weighted by Gasteiger charge is 2.31. The van der Waals surface area contributed by atoms with Gasteiger partial charge in [0.15, 0.2) is 5.65 Å². The second-order valence-electron chi connectivity index (χ2n) is 8.17. The molecule has 2 amide bonds. The Morgan fingerprint density at radius 3 is 2.94 bits per heavy atom. The minimum atomic E-state index is -0.473. The third-order valence-electron chi connectivity index (χ3n) is 6.03. The number of hydrogen-bond acceptors (Lipinski definition) is 7. The molecule has 176 valence electrons. The van der Waals surface area contributed by atoms with Crippen LogP contribution in [-0.4, -0.2) is 50.2 Å². The summed E-state index contributed by atoms with van der Waals surface area (Å²) in [4.78, 5) is 35.2. The number of phenolic OH excluding ortho intramolecular Hbond substituents is 1. The molecule has 0 saturated heterocycles. The standard InChI is InChI=1S/C25H23N7O3/c1-2-22(34)30-19-11-15(7-8-21(19)33)25(35)26-10-9-16-13-32(20-6-4-3-5-17(16)20)24-18-12-29-31-23(18)27-14-28-24/h2-8,11-12,14,16,33H,1,9-10,13H2,(H,26,35)(H,30,34)(H,27,28,29,31). The lowest BCUT2D eigenvalue weighted by atomic mass is 9.98. The Balaban J connectivity index is 1.28. The molecule has 4 N–H and O–H groups in total. The molecule has 2 aromatic heterocycles. The van der Waals surface area contributed by atoms with Gasteiger partial charge in [0.1, 0.15) is 17.9 Å². The van der Waals surface area contributed by atoms with E-state index in [0.29, 0.717) is 24.3 Å². The third-order valence-corrected chi connectivity index (χ3v) is 6.03. The van der Waals surface area contributed by atoms with Crippen molar-refractivity contribution in [3.63, 3.8) is 0 Å². The maximum absolute atomic E-state index is 12.7. The minimum absolute atomic E-state index is 0.129. The number of amides is 2. The van der Waals surface area contributed by atoms with Crippen LogP contribution in [-0.2, 0) is 4.79 Å². The zero-order chi connectivity index (χ0) is 24.4. The highest BCUT2D eigenvalue weighted by atomic mass is 16.3. The molecule has 4 aromatic rings. The van der Waals surface area contributed by atoms with Crippen molar-refractivity contribution in [2.45, 2.75) is 12.3 Å². The molecule has 1 aliphatic heterocycles. The Morgan fingerprint density at radius 2 is 2.09 bits per heavy atom. The Morgan fingerprint density at radius 1 is 1.23 bits per heavy atom. The number of benzene rings is 2. The molecule has 35 heavy (non-hydrogen) atoms. The molecule has 1 unspecified atom stereocenters. The van der Waals surface area contributed by atoms with Crippen molar-refractivity contribution in [1.82, 2.24) is 25.5 Å². The smallest absolute Gasteiger partial charge is 0.251 e. The summed E-state index contributed by atoms with van der Waals surface area (Å²) in [5.74, 6) is 0.0827. The number of phenols is 1. The SMILES string of the molecule is C=CC(=O)Nc1cc(C(=O)NCCC2CN(c3ncnc4[nH]ncc34)c3ccccc32)ccc1O. The second kappa shape index (κ2) is 9.26. The van der Waals surface area contributed by atoms with E-state index in [1.54, 1.807) is 6.20 Å². The predicted molar refractivity (Wildman–Crippen MR) is 132 cm³/mol. The number of carbonyl (C=O) groups is 2. The summed E-state index contributed by atoms with van der Waals surface area (Å²) >= 11 is 0. The number of fused-ring (bicyclic) bond motifs is 2. The third kappa shape index (κ3) is 4.29. The van der Waals surface area contributed by atoms with Crippen LogP contribution < -0.4 is 15.5 Å². The van der Waals surface area contributed by atoms with Gasteiger partial charge in [-0.1, -0.05) is 24.8 Å². The Bertz CT molecular complexity index is 1430. The Labute approximate surface area is 200 Å². The van der Waals surface area contributed by atoms with Gasteiger partial charge >= 0.3 is 0 Å². The van der Waals surface area contributed by atoms with Crippen molar-refractivity contribution in [3.05, 3.63) is 78.8 Å². The van der Waals surface area contributed by atoms with Crippen LogP contribution in [0.25, 0.3) is 11.0 Å². The Hall–Kier alpha value is -4.73. The first-order chi connectivity index (χ1) is 17.0. The van der Waals surface area contributed by atoms with Crippen LogP contribution in [0.1, 0.15) is 28.3 Å². The lowest BCUT2D eigenvalue weighted by Gasteiger charge is -2.19. The van der Waals surface area contributed by atoms with Gasteiger partial charge < -0.3 is 20.6 Å². The van der Waals surface area contributed by atoms with E-state index in [2.05, 4.69) is 54.4 Å². The van der Waals surface area contributed by atoms with Gasteiger partial charge in [-0.15, -0.1) is 0 Å². The van der Waals surface area contributed by atoms with E-state index in [-0.39, 0.29) is 23.3 Å². The zero-order valence-electron chi connectivity index (χ0n) is 18.7. The van der Waals surface area contributed by atoms with E-state index in [1.165, 1.54) is 30.1 Å². The molecular formula is C25H23N7O3. The molecular weight excluding hydrogens is 446 g/mol. The van der Waals surface area contributed by atoms with Crippen LogP contribution in [0.5, 0.6) is 5.75 Å². The molecule has 2 aromatic carbocycles. The van der Waals surface area contributed by atoms with Crippen molar-refractivity contribution in [3.8, 4) is 5.75 Å². The average molecular weight is 470 g/mol. The number of carbonyl (C=O) groups excluding carboxylic acids is 2. The molecule has 0 aliphatic carbocycles. The van der Waals surface area contributed by atoms with Gasteiger partial charge in [-0.05, 0) is 42.3 Å². The van der Waals surface area contributed by atoms with Crippen molar-refractivity contribution in [1.29, 1.82) is 0 Å². The molecule has 0 saturated carbocycles. The first kappa shape index (κ1) is 22.1. The van der Waals surface area contributed by atoms with Gasteiger partial charge in [-0.3, -0.25) is 14.7 Å². The summed E-state index contributed by atoms with van der Waals surface area (Å²) in [6, 6.07) is 12.5. The van der Waals surface area contributed by atoms with E-state index in [1.807, 2.05) is 12.1 Å². The van der Waals surface area contributed by atoms with E-state index >= 15 is 0 Å². The number of hydrogen-bond donors (Lipinski definition) is 4. The van der Waals surface area contributed by atoms with Crippen molar-refractivity contribution >= 4 is 40.0 Å². The van der Waals surface area contributed by atoms with Gasteiger partial charge in [-0.2, -0.15) is 5.10 Å². The predicted octanol–water partition coefficient (Wildman–Crippen LogP) is 3.24. The summed E-state index contributed by atoms with van der Waals surface area (Å²) in [7, 11) is 0. The first-order valence-corrected chi connectivity index (χ1v) is 11.1. The maximum atomic E-state index is 12.7. The summed E-state index contributed by atoms with van der Waals surface area (Å²) in [5.41, 5.74) is 3.43. The second-order valence-corrected chi connectivity index (χ2v) is 8.17. The number of para-hydroxylation sites is 1. The molecule has 10 nitrogen and oxygen atoms in total. The molecule has 1 atom stereocenters. The van der Waals surface area contributed by atoms with E-state index in [9.17, 15) is 14.7 Å². The van der Waals surface area contributed by atoms with Crippen molar-refractivity contribution in [2.24, 2.45) is 0 Å². The number of aromatic nitrogens is 4. The molecule has 0 bridgehead atoms. The maximum Gasteiger partial charge on any atom is 0.251 e. The molecule has 0 spiro atoms. The number of aromatic hydroxyl groups is 1. The van der Waals surface area contributed by atoms with Crippen LogP contribution in [0.2, 0.25) is 0 Å². The number of nitrogens with zero attached hydrogens (tertiary/aromatic N) is 4. The number of rotatable bonds is 7. The van der Waals surface area contributed by atoms with Gasteiger partial charge in [0.2, 0.25) is 5.91 Å². The van der Waals surface area contributed by atoms with Crippen molar-refractivity contribution < 1.29 is 14.7 Å². The van der Waals surface area contributed by atoms with Crippen LogP contribution in [0.15, 0.2) is 67.6 Å². The number of anilines is 3. The van der Waals surface area contributed by atoms with Crippen LogP contribution in [0, 0.1) is 0 Å². The number of H-pyrrole nitrogens is 1. The molecule has 0 radical (unpaired) electrons. The molecule has 10 heteroatoms. The fourth-order valence-corrected chi connectivity index (χ4v) is 4.33. The van der Waals surface area contributed by atoms with Gasteiger partial charge in [-0.25, -0.2) is 9.97 Å². The van der Waals surface area contributed by atoms with E-state index < -0.39 is 5.91 Å². The summed E-state index contributed by atoms with van der Waals surface area (Å²) in [6.07, 6.45) is 5.06. The van der Waals surface area contributed by atoms with Gasteiger partial charge in [0.05, 0.1) is 17.3 Å². The van der Waals surface area contributed by atoms with E-state index in [4.69, 9.17) is 0 Å². The fraction of sp³-hybridized carbons (Fsp3) is 0.160. The molecule has 3 heterocycles. The average Bonchev–Trinajstić information content (AvgIpc) is 3.50. The monoisotopic (exact) mass is 469 g/mol. The zero-order valence-corrected chi connectivity index (χ0v) is 18.7. The first-order valence-electron chi connectivity index (χ1n) is 11.1. The van der Waals surface area contributed by atoms with Crippen LogP contribution in [0.4, 0.5) is 17.2 Å². The molecule has 5 rings (SSSR count). The fourth-order valence-electron chi connectivity index (χ4n) is 4.33. The quantitative estimate of drug-likeness (QED) is 0.241.